The first kappa shape index (κ1) is 20.7. The van der Waals surface area contributed by atoms with Crippen LogP contribution in [0.4, 0.5) is 0 Å². The van der Waals surface area contributed by atoms with E-state index in [2.05, 4.69) is 18.3 Å². The van der Waals surface area contributed by atoms with Crippen molar-refractivity contribution in [3.63, 3.8) is 0 Å². The van der Waals surface area contributed by atoms with E-state index in [1.165, 1.54) is 57.8 Å². The van der Waals surface area contributed by atoms with Crippen LogP contribution >= 0.6 is 0 Å². The van der Waals surface area contributed by atoms with Gasteiger partial charge in [-0.3, -0.25) is 0 Å². The molecule has 136 valence electrons. The summed E-state index contributed by atoms with van der Waals surface area (Å²) < 4.78 is 0. The molecule has 0 bridgehead atoms. The zero-order valence-electron chi connectivity index (χ0n) is 15.2. The molecule has 1 fully saturated rings. The molecule has 3 atom stereocenters. The van der Waals surface area contributed by atoms with Crippen LogP contribution in [0.2, 0.25) is 0 Å². The maximum atomic E-state index is 10.0. The molecule has 1 heterocycles. The molecular formula is C20H39NO2. The van der Waals surface area contributed by atoms with E-state index in [0.717, 1.165) is 25.8 Å². The standard InChI is InChI=1S/C20H39NO2/c1-2-3-4-5-6-7-8-9-10-11-12-14-18(22)17-20(23)19-15-13-16-21-19/h12,14,18-23H,2-11,13,15-17H2,1H3/b14-12+. The summed E-state index contributed by atoms with van der Waals surface area (Å²) in [6, 6.07) is 0.176. The normalized spacial score (nSPS) is 21.1. The molecule has 3 heteroatoms. The number of rotatable bonds is 14. The first-order chi connectivity index (χ1) is 11.2. The van der Waals surface area contributed by atoms with E-state index in [-0.39, 0.29) is 6.04 Å². The molecule has 3 N–H and O–H groups in total. The number of unbranched alkanes of at least 4 members (excludes halogenated alkanes) is 9. The van der Waals surface area contributed by atoms with Gasteiger partial charge in [0.15, 0.2) is 0 Å². The summed E-state index contributed by atoms with van der Waals surface area (Å²) >= 11 is 0. The lowest BCUT2D eigenvalue weighted by Gasteiger charge is -2.19. The Balaban J connectivity index is 1.90. The molecule has 0 aromatic heterocycles. The minimum absolute atomic E-state index is 0.176. The predicted octanol–water partition coefficient (Wildman–Crippen LogP) is 4.33. The molecular weight excluding hydrogens is 286 g/mol. The third-order valence-corrected chi connectivity index (χ3v) is 4.88. The molecule has 1 saturated heterocycles. The van der Waals surface area contributed by atoms with Crippen molar-refractivity contribution in [1.29, 1.82) is 0 Å². The Kier molecular flexibility index (Phi) is 12.6. The predicted molar refractivity (Wildman–Crippen MR) is 98.6 cm³/mol. The largest absolute Gasteiger partial charge is 0.391 e. The van der Waals surface area contributed by atoms with Crippen LogP contribution in [0.5, 0.6) is 0 Å². The fourth-order valence-electron chi connectivity index (χ4n) is 3.36. The number of aliphatic hydroxyl groups excluding tert-OH is 2. The zero-order chi connectivity index (χ0) is 16.8. The van der Waals surface area contributed by atoms with Gasteiger partial charge in [0.05, 0.1) is 12.2 Å². The van der Waals surface area contributed by atoms with Crippen molar-refractivity contribution in [2.24, 2.45) is 0 Å². The third kappa shape index (κ3) is 10.9. The van der Waals surface area contributed by atoms with E-state index < -0.39 is 12.2 Å². The van der Waals surface area contributed by atoms with Crippen molar-refractivity contribution in [2.45, 2.75) is 109 Å². The van der Waals surface area contributed by atoms with Crippen molar-refractivity contribution in [3.05, 3.63) is 12.2 Å². The van der Waals surface area contributed by atoms with Crippen LogP contribution in [0.3, 0.4) is 0 Å². The molecule has 0 spiro atoms. The van der Waals surface area contributed by atoms with E-state index in [1.807, 2.05) is 6.08 Å². The van der Waals surface area contributed by atoms with Gasteiger partial charge in [0.25, 0.3) is 0 Å². The molecule has 3 nitrogen and oxygen atoms in total. The summed E-state index contributed by atoms with van der Waals surface area (Å²) in [7, 11) is 0. The van der Waals surface area contributed by atoms with Crippen molar-refractivity contribution in [3.8, 4) is 0 Å². The van der Waals surface area contributed by atoms with Crippen LogP contribution in [0.25, 0.3) is 0 Å². The van der Waals surface area contributed by atoms with Crippen LogP contribution in [0.15, 0.2) is 12.2 Å². The highest BCUT2D eigenvalue weighted by atomic mass is 16.3. The molecule has 0 aromatic carbocycles. The lowest BCUT2D eigenvalue weighted by Crippen LogP contribution is -2.36. The minimum Gasteiger partial charge on any atom is -0.391 e. The number of aliphatic hydroxyl groups is 2. The highest BCUT2D eigenvalue weighted by Crippen LogP contribution is 2.14. The Labute approximate surface area is 143 Å². The molecule has 3 unspecified atom stereocenters. The SMILES string of the molecule is CCCCCCCCCCC/C=C/C(O)CC(O)C1CCCN1. The van der Waals surface area contributed by atoms with Crippen LogP contribution in [0, 0.1) is 0 Å². The fraction of sp³-hybridized carbons (Fsp3) is 0.900. The van der Waals surface area contributed by atoms with Gasteiger partial charge in [0.2, 0.25) is 0 Å². The van der Waals surface area contributed by atoms with E-state index in [1.54, 1.807) is 0 Å². The van der Waals surface area contributed by atoms with Crippen molar-refractivity contribution in [2.75, 3.05) is 6.54 Å². The van der Waals surface area contributed by atoms with E-state index >= 15 is 0 Å². The average Bonchev–Trinajstić information content (AvgIpc) is 3.07. The molecule has 0 amide bonds. The Bertz CT molecular complexity index is 287. The minimum atomic E-state index is -0.508. The Morgan fingerprint density at radius 1 is 1.00 bits per heavy atom. The van der Waals surface area contributed by atoms with E-state index in [9.17, 15) is 10.2 Å². The lowest BCUT2D eigenvalue weighted by molar-refractivity contribution is 0.0795. The van der Waals surface area contributed by atoms with E-state index in [4.69, 9.17) is 0 Å². The van der Waals surface area contributed by atoms with Crippen LogP contribution < -0.4 is 5.32 Å². The maximum absolute atomic E-state index is 10.0. The zero-order valence-corrected chi connectivity index (χ0v) is 15.2. The highest BCUT2D eigenvalue weighted by molar-refractivity contribution is 4.92. The van der Waals surface area contributed by atoms with Gasteiger partial charge in [-0.25, -0.2) is 0 Å². The van der Waals surface area contributed by atoms with Gasteiger partial charge in [-0.1, -0.05) is 70.4 Å². The quantitative estimate of drug-likeness (QED) is 0.329. The van der Waals surface area contributed by atoms with Gasteiger partial charge in [0.1, 0.15) is 0 Å². The number of nitrogens with one attached hydrogen (secondary N) is 1. The first-order valence-electron chi connectivity index (χ1n) is 10.00. The van der Waals surface area contributed by atoms with Crippen LogP contribution in [0.1, 0.15) is 90.4 Å². The highest BCUT2D eigenvalue weighted by Gasteiger charge is 2.23. The first-order valence-corrected chi connectivity index (χ1v) is 10.00. The molecule has 1 aliphatic rings. The lowest BCUT2D eigenvalue weighted by atomic mass is 10.0. The summed E-state index contributed by atoms with van der Waals surface area (Å²) in [5.74, 6) is 0. The van der Waals surface area contributed by atoms with Gasteiger partial charge >= 0.3 is 0 Å². The Morgan fingerprint density at radius 3 is 2.26 bits per heavy atom. The topological polar surface area (TPSA) is 52.5 Å². The molecule has 1 rings (SSSR count). The number of hydrogen-bond acceptors (Lipinski definition) is 3. The van der Waals surface area contributed by atoms with Crippen molar-refractivity contribution >= 4 is 0 Å². The van der Waals surface area contributed by atoms with Crippen molar-refractivity contribution < 1.29 is 10.2 Å². The van der Waals surface area contributed by atoms with Crippen molar-refractivity contribution in [1.82, 2.24) is 5.32 Å². The van der Waals surface area contributed by atoms with Gasteiger partial charge in [0, 0.05) is 12.5 Å². The molecule has 0 aliphatic carbocycles. The summed E-state index contributed by atoms with van der Waals surface area (Å²) in [6.45, 7) is 3.25. The molecule has 0 aromatic rings. The second kappa shape index (κ2) is 14.0. The summed E-state index contributed by atoms with van der Waals surface area (Å²) in [5, 5.41) is 23.3. The number of allylic oxidation sites excluding steroid dienone is 1. The van der Waals surface area contributed by atoms with Gasteiger partial charge in [-0.2, -0.15) is 0 Å². The molecule has 1 aliphatic heterocycles. The third-order valence-electron chi connectivity index (χ3n) is 4.88. The molecule has 23 heavy (non-hydrogen) atoms. The van der Waals surface area contributed by atoms with Gasteiger partial charge in [-0.15, -0.1) is 0 Å². The maximum Gasteiger partial charge on any atom is 0.0746 e. The Morgan fingerprint density at radius 2 is 1.65 bits per heavy atom. The van der Waals surface area contributed by atoms with E-state index in [0.29, 0.717) is 6.42 Å². The Hall–Kier alpha value is -0.380. The van der Waals surface area contributed by atoms with Crippen LogP contribution in [-0.4, -0.2) is 35.0 Å². The summed E-state index contributed by atoms with van der Waals surface area (Å²) in [4.78, 5) is 0. The molecule has 0 saturated carbocycles. The van der Waals surface area contributed by atoms with Gasteiger partial charge in [-0.05, 0) is 32.2 Å². The molecule has 0 radical (unpaired) electrons. The monoisotopic (exact) mass is 325 g/mol. The summed E-state index contributed by atoms with van der Waals surface area (Å²) in [6.07, 6.45) is 18.8. The van der Waals surface area contributed by atoms with Gasteiger partial charge < -0.3 is 15.5 Å². The second-order valence-electron chi connectivity index (χ2n) is 7.12. The fourth-order valence-corrected chi connectivity index (χ4v) is 3.36. The summed E-state index contributed by atoms with van der Waals surface area (Å²) in [5.41, 5.74) is 0. The van der Waals surface area contributed by atoms with Crippen LogP contribution in [-0.2, 0) is 0 Å². The second-order valence-corrected chi connectivity index (χ2v) is 7.12. The smallest absolute Gasteiger partial charge is 0.0746 e. The average molecular weight is 326 g/mol. The number of hydrogen-bond donors (Lipinski definition) is 3.